The lowest BCUT2D eigenvalue weighted by Crippen LogP contribution is -2.31. The molecule has 0 aromatic heterocycles. The summed E-state index contributed by atoms with van der Waals surface area (Å²) in [5.74, 6) is 3.75. The summed E-state index contributed by atoms with van der Waals surface area (Å²) in [4.78, 5) is 0. The Morgan fingerprint density at radius 1 is 1.10 bits per heavy atom. The van der Waals surface area contributed by atoms with Crippen molar-refractivity contribution in [3.05, 3.63) is 23.8 Å². The zero-order valence-corrected chi connectivity index (χ0v) is 13.8. The lowest BCUT2D eigenvalue weighted by molar-refractivity contribution is 0.250. The molecule has 118 valence electrons. The molecule has 0 amide bonds. The van der Waals surface area contributed by atoms with Crippen molar-refractivity contribution in [1.82, 2.24) is 5.32 Å². The maximum Gasteiger partial charge on any atom is 0.161 e. The Balaban J connectivity index is 1.85. The van der Waals surface area contributed by atoms with E-state index in [9.17, 15) is 0 Å². The van der Waals surface area contributed by atoms with Crippen LogP contribution in [-0.2, 0) is 6.54 Å². The van der Waals surface area contributed by atoms with Crippen LogP contribution in [0.15, 0.2) is 18.2 Å². The predicted octanol–water partition coefficient (Wildman–Crippen LogP) is 3.84. The van der Waals surface area contributed by atoms with Gasteiger partial charge in [0.15, 0.2) is 11.5 Å². The number of benzene rings is 1. The zero-order valence-electron chi connectivity index (χ0n) is 13.0. The average molecular weight is 312 g/mol. The lowest BCUT2D eigenvalue weighted by atomic mass is 9.80. The lowest BCUT2D eigenvalue weighted by Gasteiger charge is -2.30. The van der Waals surface area contributed by atoms with Crippen molar-refractivity contribution in [1.29, 1.82) is 0 Å². The second-order valence-electron chi connectivity index (χ2n) is 5.78. The fourth-order valence-corrected chi connectivity index (χ4v) is 3.56. The number of nitrogens with one attached hydrogen (secondary N) is 1. The van der Waals surface area contributed by atoms with Gasteiger partial charge in [0.05, 0.1) is 14.2 Å². The molecule has 1 N–H and O–H groups in total. The van der Waals surface area contributed by atoms with Crippen molar-refractivity contribution in [3.8, 4) is 11.5 Å². The van der Waals surface area contributed by atoms with Gasteiger partial charge in [-0.2, -0.15) is 0 Å². The highest BCUT2D eigenvalue weighted by Crippen LogP contribution is 2.31. The molecule has 4 heteroatoms. The van der Waals surface area contributed by atoms with Crippen LogP contribution in [0.1, 0.15) is 31.2 Å². The fraction of sp³-hybridized carbons (Fsp3) is 0.647. The molecule has 21 heavy (non-hydrogen) atoms. The number of rotatable bonds is 7. The van der Waals surface area contributed by atoms with Crippen molar-refractivity contribution in [2.75, 3.05) is 26.6 Å². The molecule has 1 aromatic carbocycles. The maximum atomic E-state index is 6.09. The first-order valence-corrected chi connectivity index (χ1v) is 8.29. The Labute approximate surface area is 133 Å². The summed E-state index contributed by atoms with van der Waals surface area (Å²) in [6.07, 6.45) is 5.27. The third kappa shape index (κ3) is 4.52. The van der Waals surface area contributed by atoms with Gasteiger partial charge in [0.2, 0.25) is 0 Å². The minimum Gasteiger partial charge on any atom is -0.493 e. The van der Waals surface area contributed by atoms with Gasteiger partial charge in [-0.05, 0) is 48.9 Å². The average Bonchev–Trinajstić information content (AvgIpc) is 2.55. The minimum absolute atomic E-state index is 0.679. The predicted molar refractivity (Wildman–Crippen MR) is 87.4 cm³/mol. The zero-order chi connectivity index (χ0) is 15.1. The quantitative estimate of drug-likeness (QED) is 0.776. The highest BCUT2D eigenvalue weighted by Gasteiger charge is 2.23. The topological polar surface area (TPSA) is 30.5 Å². The van der Waals surface area contributed by atoms with E-state index in [1.807, 2.05) is 12.1 Å². The van der Waals surface area contributed by atoms with Gasteiger partial charge in [0.25, 0.3) is 0 Å². The van der Waals surface area contributed by atoms with Crippen LogP contribution in [0.5, 0.6) is 11.5 Å². The Hall–Kier alpha value is -0.930. The van der Waals surface area contributed by atoms with E-state index < -0.39 is 0 Å². The van der Waals surface area contributed by atoms with Crippen LogP contribution in [0.4, 0.5) is 0 Å². The molecule has 0 radical (unpaired) electrons. The molecular weight excluding hydrogens is 286 g/mol. The van der Waals surface area contributed by atoms with E-state index in [0.717, 1.165) is 36.4 Å². The van der Waals surface area contributed by atoms with E-state index in [-0.39, 0.29) is 0 Å². The SMILES string of the molecule is COc1ccc(CNCC2CCCCC2CCl)cc1OC. The monoisotopic (exact) mass is 311 g/mol. The largest absolute Gasteiger partial charge is 0.493 e. The van der Waals surface area contributed by atoms with Gasteiger partial charge in [-0.1, -0.05) is 18.9 Å². The minimum atomic E-state index is 0.679. The molecule has 1 aliphatic carbocycles. The molecule has 0 saturated heterocycles. The summed E-state index contributed by atoms with van der Waals surface area (Å²) in [5, 5.41) is 3.57. The summed E-state index contributed by atoms with van der Waals surface area (Å²) in [6, 6.07) is 6.07. The van der Waals surface area contributed by atoms with E-state index in [2.05, 4.69) is 11.4 Å². The first-order chi connectivity index (χ1) is 10.3. The van der Waals surface area contributed by atoms with Crippen LogP contribution < -0.4 is 14.8 Å². The van der Waals surface area contributed by atoms with Crippen molar-refractivity contribution in [2.45, 2.75) is 32.2 Å². The number of hydrogen-bond acceptors (Lipinski definition) is 3. The van der Waals surface area contributed by atoms with E-state index in [4.69, 9.17) is 21.1 Å². The smallest absolute Gasteiger partial charge is 0.161 e. The summed E-state index contributed by atoms with van der Waals surface area (Å²) in [7, 11) is 3.33. The maximum absolute atomic E-state index is 6.09. The summed E-state index contributed by atoms with van der Waals surface area (Å²) < 4.78 is 10.6. The van der Waals surface area contributed by atoms with Crippen molar-refractivity contribution >= 4 is 11.6 Å². The normalized spacial score (nSPS) is 22.0. The van der Waals surface area contributed by atoms with Crippen molar-refractivity contribution < 1.29 is 9.47 Å². The molecule has 1 aliphatic rings. The molecule has 0 bridgehead atoms. The second kappa shape index (κ2) is 8.50. The third-order valence-corrected chi connectivity index (χ3v) is 4.84. The van der Waals surface area contributed by atoms with Gasteiger partial charge in [-0.15, -0.1) is 11.6 Å². The van der Waals surface area contributed by atoms with Crippen LogP contribution >= 0.6 is 11.6 Å². The fourth-order valence-electron chi connectivity index (χ4n) is 3.15. The van der Waals surface area contributed by atoms with Gasteiger partial charge >= 0.3 is 0 Å². The van der Waals surface area contributed by atoms with Crippen LogP contribution in [0.2, 0.25) is 0 Å². The van der Waals surface area contributed by atoms with Crippen LogP contribution in [0, 0.1) is 11.8 Å². The first kappa shape index (κ1) is 16.4. The molecule has 1 fully saturated rings. The Kier molecular flexibility index (Phi) is 6.65. The van der Waals surface area contributed by atoms with Crippen molar-refractivity contribution in [3.63, 3.8) is 0 Å². The van der Waals surface area contributed by atoms with E-state index in [1.54, 1.807) is 14.2 Å². The summed E-state index contributed by atoms with van der Waals surface area (Å²) in [6.45, 7) is 1.90. The van der Waals surface area contributed by atoms with Crippen molar-refractivity contribution in [2.24, 2.45) is 11.8 Å². The molecule has 1 saturated carbocycles. The number of hydrogen-bond donors (Lipinski definition) is 1. The molecule has 3 nitrogen and oxygen atoms in total. The highest BCUT2D eigenvalue weighted by atomic mass is 35.5. The molecule has 2 atom stereocenters. The molecule has 0 heterocycles. The Bertz CT molecular complexity index is 439. The van der Waals surface area contributed by atoms with E-state index in [1.165, 1.54) is 31.2 Å². The Morgan fingerprint density at radius 3 is 2.48 bits per heavy atom. The summed E-state index contributed by atoms with van der Waals surface area (Å²) in [5.41, 5.74) is 1.21. The van der Waals surface area contributed by atoms with Crippen LogP contribution in [-0.4, -0.2) is 26.6 Å². The molecule has 0 spiro atoms. The van der Waals surface area contributed by atoms with Gasteiger partial charge in [-0.3, -0.25) is 0 Å². The van der Waals surface area contributed by atoms with Gasteiger partial charge in [0, 0.05) is 12.4 Å². The molecule has 2 unspecified atom stereocenters. The molecule has 2 rings (SSSR count). The van der Waals surface area contributed by atoms with Gasteiger partial charge in [-0.25, -0.2) is 0 Å². The molecule has 1 aromatic rings. The van der Waals surface area contributed by atoms with Gasteiger partial charge < -0.3 is 14.8 Å². The number of halogens is 1. The number of ether oxygens (including phenoxy) is 2. The van der Waals surface area contributed by atoms with Gasteiger partial charge in [0.1, 0.15) is 0 Å². The number of alkyl halides is 1. The van der Waals surface area contributed by atoms with E-state index >= 15 is 0 Å². The number of methoxy groups -OCH3 is 2. The Morgan fingerprint density at radius 2 is 1.81 bits per heavy atom. The van der Waals surface area contributed by atoms with Crippen LogP contribution in [0.25, 0.3) is 0 Å². The second-order valence-corrected chi connectivity index (χ2v) is 6.09. The standard InChI is InChI=1S/C17H26ClNO2/c1-20-16-8-7-13(9-17(16)21-2)11-19-12-15-6-4-3-5-14(15)10-18/h7-9,14-15,19H,3-6,10-12H2,1-2H3. The summed E-state index contributed by atoms with van der Waals surface area (Å²) >= 11 is 6.09. The van der Waals surface area contributed by atoms with Crippen LogP contribution in [0.3, 0.4) is 0 Å². The van der Waals surface area contributed by atoms with E-state index in [0.29, 0.717) is 5.92 Å². The molecule has 0 aliphatic heterocycles. The highest BCUT2D eigenvalue weighted by molar-refractivity contribution is 6.18. The first-order valence-electron chi connectivity index (χ1n) is 7.76. The molecular formula is C17H26ClNO2. The third-order valence-electron chi connectivity index (χ3n) is 4.45.